The van der Waals surface area contributed by atoms with E-state index in [1.165, 1.54) is 0 Å². The molecular weight excluding hydrogens is 330 g/mol. The van der Waals surface area contributed by atoms with E-state index in [2.05, 4.69) is 4.98 Å². The molecule has 0 spiro atoms. The summed E-state index contributed by atoms with van der Waals surface area (Å²) in [4.78, 5) is 43.0. The van der Waals surface area contributed by atoms with Crippen molar-refractivity contribution in [3.63, 3.8) is 0 Å². The Kier molecular flexibility index (Phi) is 3.24. The normalized spacial score (nSPS) is 29.4. The zero-order valence-corrected chi connectivity index (χ0v) is 15.4. The van der Waals surface area contributed by atoms with E-state index in [1.807, 2.05) is 39.0 Å². The zero-order chi connectivity index (χ0) is 18.9. The molecule has 2 bridgehead atoms. The van der Waals surface area contributed by atoms with Crippen LogP contribution in [0, 0.1) is 23.2 Å². The average molecular weight is 351 g/mol. The Morgan fingerprint density at radius 3 is 2.42 bits per heavy atom. The molecule has 0 N–H and O–H groups in total. The Morgan fingerprint density at radius 1 is 1.04 bits per heavy atom. The zero-order valence-electron chi connectivity index (χ0n) is 15.4. The summed E-state index contributed by atoms with van der Waals surface area (Å²) in [6, 6.07) is 9.14. The molecule has 0 unspecified atom stereocenters. The number of aromatic nitrogens is 1. The number of benzene rings is 1. The summed E-state index contributed by atoms with van der Waals surface area (Å²) >= 11 is 0. The fourth-order valence-electron chi connectivity index (χ4n) is 4.71. The molecule has 1 aromatic carbocycles. The van der Waals surface area contributed by atoms with E-state index < -0.39 is 33.8 Å². The van der Waals surface area contributed by atoms with Gasteiger partial charge in [0.05, 0.1) is 0 Å². The minimum atomic E-state index is -1.41. The molecule has 0 aliphatic heterocycles. The van der Waals surface area contributed by atoms with Crippen molar-refractivity contribution in [1.82, 2.24) is 4.98 Å². The van der Waals surface area contributed by atoms with Crippen LogP contribution in [0.15, 0.2) is 30.3 Å². The van der Waals surface area contributed by atoms with Gasteiger partial charge in [0.15, 0.2) is 5.75 Å². The molecule has 4 rings (SSSR count). The summed E-state index contributed by atoms with van der Waals surface area (Å²) < 4.78 is 5.71. The highest BCUT2D eigenvalue weighted by atomic mass is 16.5. The molecule has 2 atom stereocenters. The maximum atomic E-state index is 13.2. The van der Waals surface area contributed by atoms with Gasteiger partial charge in [-0.1, -0.05) is 39.0 Å². The Morgan fingerprint density at radius 2 is 1.77 bits per heavy atom. The van der Waals surface area contributed by atoms with Crippen LogP contribution in [0.25, 0.3) is 10.9 Å². The summed E-state index contributed by atoms with van der Waals surface area (Å²) in [7, 11) is 0. The molecule has 0 radical (unpaired) electrons. The number of pyridine rings is 1. The van der Waals surface area contributed by atoms with Crippen molar-refractivity contribution in [3.05, 3.63) is 36.0 Å². The molecule has 2 aromatic rings. The highest BCUT2D eigenvalue weighted by molar-refractivity contribution is 6.48. The first-order valence-electron chi connectivity index (χ1n) is 8.83. The highest BCUT2D eigenvalue weighted by Crippen LogP contribution is 2.69. The van der Waals surface area contributed by atoms with Crippen molar-refractivity contribution >= 4 is 28.4 Å². The van der Waals surface area contributed by atoms with Crippen molar-refractivity contribution in [2.75, 3.05) is 0 Å². The van der Waals surface area contributed by atoms with Crippen LogP contribution in [-0.4, -0.2) is 22.5 Å². The lowest BCUT2D eigenvalue weighted by Crippen LogP contribution is -2.47. The van der Waals surface area contributed by atoms with E-state index >= 15 is 0 Å². The summed E-state index contributed by atoms with van der Waals surface area (Å²) in [5.41, 5.74) is -1.62. The van der Waals surface area contributed by atoms with Gasteiger partial charge in [0.1, 0.15) is 10.9 Å². The quantitative estimate of drug-likeness (QED) is 0.359. The van der Waals surface area contributed by atoms with Crippen LogP contribution in [0.1, 0.15) is 39.3 Å². The average Bonchev–Trinajstić information content (AvgIpc) is 2.87. The van der Waals surface area contributed by atoms with E-state index in [-0.39, 0.29) is 0 Å². The van der Waals surface area contributed by atoms with E-state index in [9.17, 15) is 14.4 Å². The first kappa shape index (κ1) is 16.9. The number of nitrogens with zero attached hydrogens (tertiary/aromatic N) is 1. The summed E-state index contributed by atoms with van der Waals surface area (Å²) in [5.74, 6) is -1.37. The predicted molar refractivity (Wildman–Crippen MR) is 95.7 cm³/mol. The van der Waals surface area contributed by atoms with Crippen LogP contribution >= 0.6 is 0 Å². The number of ketones is 2. The summed E-state index contributed by atoms with van der Waals surface area (Å²) in [6.07, 6.45) is 0.865. The van der Waals surface area contributed by atoms with Crippen molar-refractivity contribution in [2.45, 2.75) is 40.5 Å². The lowest BCUT2D eigenvalue weighted by atomic mass is 9.65. The summed E-state index contributed by atoms with van der Waals surface area (Å²) in [6.45, 7) is 7.31. The Balaban J connectivity index is 1.80. The van der Waals surface area contributed by atoms with Gasteiger partial charge in [-0.2, -0.15) is 0 Å². The first-order chi connectivity index (χ1) is 12.1. The Bertz CT molecular complexity index is 993. The number of Topliss-reactive ketones (excluding diaryl/α,β-unsaturated/α-hetero) is 2. The summed E-state index contributed by atoms with van der Waals surface area (Å²) in [5, 5.41) is 0.850. The van der Waals surface area contributed by atoms with Gasteiger partial charge >= 0.3 is 5.97 Å². The van der Waals surface area contributed by atoms with Crippen LogP contribution < -0.4 is 4.74 Å². The number of hydrogen-bond donors (Lipinski definition) is 0. The number of carbonyl (C=O) groups excluding carboxylic acids is 3. The highest BCUT2D eigenvalue weighted by Gasteiger charge is 2.78. The van der Waals surface area contributed by atoms with E-state index in [4.69, 9.17) is 4.74 Å². The van der Waals surface area contributed by atoms with E-state index in [1.54, 1.807) is 19.1 Å². The number of fused-ring (bicyclic) bond motifs is 3. The van der Waals surface area contributed by atoms with Crippen LogP contribution in [0.5, 0.6) is 5.75 Å². The molecule has 0 amide bonds. The van der Waals surface area contributed by atoms with Crippen LogP contribution in [0.2, 0.25) is 0 Å². The van der Waals surface area contributed by atoms with Crippen molar-refractivity contribution in [1.29, 1.82) is 0 Å². The van der Waals surface area contributed by atoms with Crippen LogP contribution in [0.3, 0.4) is 0 Å². The SMILES string of the molecule is Cc1ccc2cccc(OC(=O)[C@@]34CC[C@@](C)(C(=O)C3=O)C4(C)C)c2n1. The minimum Gasteiger partial charge on any atom is -0.423 e. The van der Waals surface area contributed by atoms with Gasteiger partial charge in [0.2, 0.25) is 11.6 Å². The number of para-hydroxylation sites is 1. The van der Waals surface area contributed by atoms with Crippen molar-refractivity contribution in [2.24, 2.45) is 16.2 Å². The molecule has 2 aliphatic rings. The van der Waals surface area contributed by atoms with Gasteiger partial charge in [-0.3, -0.25) is 14.4 Å². The van der Waals surface area contributed by atoms with Crippen LogP contribution in [-0.2, 0) is 14.4 Å². The maximum absolute atomic E-state index is 13.2. The van der Waals surface area contributed by atoms with Gasteiger partial charge in [-0.25, -0.2) is 4.98 Å². The second-order valence-electron chi connectivity index (χ2n) is 8.19. The van der Waals surface area contributed by atoms with Gasteiger partial charge in [-0.15, -0.1) is 0 Å². The third-order valence-electron chi connectivity index (χ3n) is 6.91. The number of aryl methyl sites for hydroxylation is 1. The topological polar surface area (TPSA) is 73.3 Å². The number of ether oxygens (including phenoxy) is 1. The molecular formula is C21H21NO4. The second kappa shape index (κ2) is 5.00. The maximum Gasteiger partial charge on any atom is 0.326 e. The molecule has 134 valence electrons. The number of rotatable bonds is 2. The molecule has 0 saturated heterocycles. The molecule has 2 saturated carbocycles. The van der Waals surface area contributed by atoms with Crippen molar-refractivity contribution < 1.29 is 19.1 Å². The van der Waals surface area contributed by atoms with E-state index in [0.717, 1.165) is 11.1 Å². The van der Waals surface area contributed by atoms with Gasteiger partial charge in [0, 0.05) is 21.9 Å². The fraction of sp³-hybridized carbons (Fsp3) is 0.429. The lowest BCUT2D eigenvalue weighted by molar-refractivity contribution is -0.157. The molecule has 5 heteroatoms. The minimum absolute atomic E-state index is 0.321. The van der Waals surface area contributed by atoms with Crippen molar-refractivity contribution in [3.8, 4) is 5.75 Å². The molecule has 5 nitrogen and oxygen atoms in total. The molecule has 2 aliphatic carbocycles. The van der Waals surface area contributed by atoms with Crippen LogP contribution in [0.4, 0.5) is 0 Å². The van der Waals surface area contributed by atoms with Gasteiger partial charge in [0.25, 0.3) is 0 Å². The molecule has 26 heavy (non-hydrogen) atoms. The largest absolute Gasteiger partial charge is 0.423 e. The third kappa shape index (κ3) is 1.76. The van der Waals surface area contributed by atoms with Gasteiger partial charge < -0.3 is 4.74 Å². The molecule has 1 aromatic heterocycles. The number of carbonyl (C=O) groups is 3. The third-order valence-corrected chi connectivity index (χ3v) is 6.91. The standard InChI is InChI=1S/C21H21NO4/c1-12-8-9-13-6-5-7-14(15(13)22-12)26-18(25)21-11-10-20(4,19(21,2)3)16(23)17(21)24/h5-9H,10-11H2,1-4H3/t20-,21+/m0/s1. The predicted octanol–water partition coefficient (Wildman–Crippen LogP) is 3.41. The Labute approximate surface area is 151 Å². The Hall–Kier alpha value is -2.56. The van der Waals surface area contributed by atoms with Gasteiger partial charge in [-0.05, 0) is 31.9 Å². The monoisotopic (exact) mass is 351 g/mol. The first-order valence-corrected chi connectivity index (χ1v) is 8.83. The number of esters is 1. The molecule has 1 heterocycles. The number of hydrogen-bond acceptors (Lipinski definition) is 5. The molecule has 2 fully saturated rings. The van der Waals surface area contributed by atoms with E-state index in [0.29, 0.717) is 24.1 Å². The second-order valence-corrected chi connectivity index (χ2v) is 8.19. The fourth-order valence-corrected chi connectivity index (χ4v) is 4.71. The smallest absolute Gasteiger partial charge is 0.326 e. The lowest BCUT2D eigenvalue weighted by Gasteiger charge is -2.36.